The van der Waals surface area contributed by atoms with E-state index in [1.165, 1.54) is 13.4 Å². The van der Waals surface area contributed by atoms with Crippen molar-refractivity contribution < 1.29 is 23.4 Å². The Morgan fingerprint density at radius 3 is 2.65 bits per heavy atom. The monoisotopic (exact) mass is 276 g/mol. The first kappa shape index (κ1) is 14.0. The number of esters is 1. The standard InChI is InChI=1S/C15H16O5/c1-17-11-5-3-6-12(9-11)20-10-13(15(16)18-2)14-7-4-8-19-14/h3-9,13H,10H2,1-2H3. The number of carbonyl (C=O) groups is 1. The van der Waals surface area contributed by atoms with E-state index in [0.717, 1.165) is 0 Å². The fourth-order valence-electron chi connectivity index (χ4n) is 1.77. The summed E-state index contributed by atoms with van der Waals surface area (Å²) in [6, 6.07) is 10.6. The predicted octanol–water partition coefficient (Wildman–Crippen LogP) is 2.62. The molecule has 2 aromatic rings. The third-order valence-corrected chi connectivity index (χ3v) is 2.83. The Kier molecular flexibility index (Phi) is 4.65. The van der Waals surface area contributed by atoms with Crippen molar-refractivity contribution in [1.82, 2.24) is 0 Å². The smallest absolute Gasteiger partial charge is 0.319 e. The summed E-state index contributed by atoms with van der Waals surface area (Å²) in [6.45, 7) is 0.132. The molecule has 0 saturated carbocycles. The largest absolute Gasteiger partial charge is 0.497 e. The minimum Gasteiger partial charge on any atom is -0.497 e. The van der Waals surface area contributed by atoms with E-state index >= 15 is 0 Å². The lowest BCUT2D eigenvalue weighted by molar-refractivity contribution is -0.143. The molecule has 106 valence electrons. The SMILES string of the molecule is COC(=O)C(COc1cccc(OC)c1)c1ccco1. The number of furan rings is 1. The van der Waals surface area contributed by atoms with E-state index in [4.69, 9.17) is 18.6 Å². The van der Waals surface area contributed by atoms with E-state index in [9.17, 15) is 4.79 Å². The van der Waals surface area contributed by atoms with Gasteiger partial charge in [-0.25, -0.2) is 0 Å². The van der Waals surface area contributed by atoms with E-state index in [-0.39, 0.29) is 6.61 Å². The van der Waals surface area contributed by atoms with Gasteiger partial charge in [0.15, 0.2) is 0 Å². The van der Waals surface area contributed by atoms with Gasteiger partial charge in [0, 0.05) is 6.07 Å². The lowest BCUT2D eigenvalue weighted by Crippen LogP contribution is -2.20. The van der Waals surface area contributed by atoms with Crippen molar-refractivity contribution in [2.24, 2.45) is 0 Å². The van der Waals surface area contributed by atoms with Gasteiger partial charge in [0.2, 0.25) is 0 Å². The van der Waals surface area contributed by atoms with Crippen LogP contribution in [-0.2, 0) is 9.53 Å². The number of ether oxygens (including phenoxy) is 3. The molecule has 2 rings (SSSR count). The van der Waals surface area contributed by atoms with Crippen molar-refractivity contribution in [3.8, 4) is 11.5 Å². The van der Waals surface area contributed by atoms with Gasteiger partial charge in [0.1, 0.15) is 29.8 Å². The van der Waals surface area contributed by atoms with Crippen LogP contribution in [0.25, 0.3) is 0 Å². The highest BCUT2D eigenvalue weighted by Crippen LogP contribution is 2.23. The molecule has 5 heteroatoms. The maximum Gasteiger partial charge on any atom is 0.319 e. The van der Waals surface area contributed by atoms with Crippen molar-refractivity contribution in [1.29, 1.82) is 0 Å². The highest BCUT2D eigenvalue weighted by molar-refractivity contribution is 5.77. The van der Waals surface area contributed by atoms with Gasteiger partial charge in [0.05, 0.1) is 20.5 Å². The van der Waals surface area contributed by atoms with Crippen LogP contribution < -0.4 is 9.47 Å². The molecule has 0 fully saturated rings. The Morgan fingerprint density at radius 1 is 1.20 bits per heavy atom. The molecule has 1 heterocycles. The van der Waals surface area contributed by atoms with E-state index in [0.29, 0.717) is 17.3 Å². The zero-order chi connectivity index (χ0) is 14.4. The Balaban J connectivity index is 2.07. The fourth-order valence-corrected chi connectivity index (χ4v) is 1.77. The first-order valence-electron chi connectivity index (χ1n) is 6.12. The zero-order valence-electron chi connectivity index (χ0n) is 11.4. The predicted molar refractivity (Wildman–Crippen MR) is 72.0 cm³/mol. The van der Waals surface area contributed by atoms with Gasteiger partial charge in [-0.05, 0) is 24.3 Å². The minimum atomic E-state index is -0.596. The molecule has 0 aliphatic heterocycles. The van der Waals surface area contributed by atoms with Crippen molar-refractivity contribution in [2.75, 3.05) is 20.8 Å². The molecule has 0 bridgehead atoms. The average Bonchev–Trinajstić information content (AvgIpc) is 3.01. The Hall–Kier alpha value is -2.43. The van der Waals surface area contributed by atoms with Crippen LogP contribution in [0.1, 0.15) is 11.7 Å². The van der Waals surface area contributed by atoms with Crippen LogP contribution in [0.15, 0.2) is 47.1 Å². The van der Waals surface area contributed by atoms with Crippen LogP contribution in [0.4, 0.5) is 0 Å². The second-order valence-electron chi connectivity index (χ2n) is 4.08. The van der Waals surface area contributed by atoms with Gasteiger partial charge in [-0.15, -0.1) is 0 Å². The van der Waals surface area contributed by atoms with Crippen LogP contribution in [0.3, 0.4) is 0 Å². The molecule has 1 aromatic heterocycles. The van der Waals surface area contributed by atoms with Crippen molar-refractivity contribution in [2.45, 2.75) is 5.92 Å². The number of rotatable bonds is 6. The number of hydrogen-bond acceptors (Lipinski definition) is 5. The molecule has 1 aromatic carbocycles. The molecule has 20 heavy (non-hydrogen) atoms. The van der Waals surface area contributed by atoms with Crippen molar-refractivity contribution >= 4 is 5.97 Å². The van der Waals surface area contributed by atoms with E-state index in [1.54, 1.807) is 31.4 Å². The summed E-state index contributed by atoms with van der Waals surface area (Å²) in [5, 5.41) is 0. The minimum absolute atomic E-state index is 0.132. The Labute approximate surface area is 117 Å². The van der Waals surface area contributed by atoms with Crippen LogP contribution in [0.2, 0.25) is 0 Å². The maximum atomic E-state index is 11.8. The maximum absolute atomic E-state index is 11.8. The zero-order valence-corrected chi connectivity index (χ0v) is 11.4. The van der Waals surface area contributed by atoms with Gasteiger partial charge in [0.25, 0.3) is 0 Å². The molecule has 0 radical (unpaired) electrons. The highest BCUT2D eigenvalue weighted by Gasteiger charge is 2.25. The van der Waals surface area contributed by atoms with Crippen molar-refractivity contribution in [3.05, 3.63) is 48.4 Å². The summed E-state index contributed by atoms with van der Waals surface area (Å²) < 4.78 is 20.7. The lowest BCUT2D eigenvalue weighted by Gasteiger charge is -2.14. The molecular weight excluding hydrogens is 260 g/mol. The summed E-state index contributed by atoms with van der Waals surface area (Å²) in [6.07, 6.45) is 1.51. The molecular formula is C15H16O5. The number of hydrogen-bond donors (Lipinski definition) is 0. The summed E-state index contributed by atoms with van der Waals surface area (Å²) in [4.78, 5) is 11.8. The van der Waals surface area contributed by atoms with Gasteiger partial charge in [-0.3, -0.25) is 4.79 Å². The molecule has 0 aliphatic carbocycles. The summed E-state index contributed by atoms with van der Waals surface area (Å²) in [7, 11) is 2.92. The first-order chi connectivity index (χ1) is 9.74. The average molecular weight is 276 g/mol. The molecule has 0 saturated heterocycles. The van der Waals surface area contributed by atoms with E-state index in [1.807, 2.05) is 12.1 Å². The molecule has 0 N–H and O–H groups in total. The van der Waals surface area contributed by atoms with Crippen LogP contribution in [0, 0.1) is 0 Å². The summed E-state index contributed by atoms with van der Waals surface area (Å²) >= 11 is 0. The number of methoxy groups -OCH3 is 2. The molecule has 1 unspecified atom stereocenters. The topological polar surface area (TPSA) is 57.9 Å². The molecule has 0 amide bonds. The lowest BCUT2D eigenvalue weighted by atomic mass is 10.1. The van der Waals surface area contributed by atoms with E-state index < -0.39 is 11.9 Å². The normalized spacial score (nSPS) is 11.7. The summed E-state index contributed by atoms with van der Waals surface area (Å²) in [5.74, 6) is 0.823. The molecule has 0 aliphatic rings. The highest BCUT2D eigenvalue weighted by atomic mass is 16.5. The van der Waals surface area contributed by atoms with Gasteiger partial charge in [-0.1, -0.05) is 6.07 Å². The van der Waals surface area contributed by atoms with Gasteiger partial charge in [-0.2, -0.15) is 0 Å². The Bertz CT molecular complexity index is 547. The third kappa shape index (κ3) is 3.32. The Morgan fingerprint density at radius 2 is 2.00 bits per heavy atom. The molecule has 0 spiro atoms. The molecule has 1 atom stereocenters. The number of carbonyl (C=O) groups excluding carboxylic acids is 1. The third-order valence-electron chi connectivity index (χ3n) is 2.83. The van der Waals surface area contributed by atoms with Crippen LogP contribution >= 0.6 is 0 Å². The first-order valence-corrected chi connectivity index (χ1v) is 6.12. The summed E-state index contributed by atoms with van der Waals surface area (Å²) in [5.41, 5.74) is 0. The number of benzene rings is 1. The fraction of sp³-hybridized carbons (Fsp3) is 0.267. The van der Waals surface area contributed by atoms with E-state index in [2.05, 4.69) is 0 Å². The van der Waals surface area contributed by atoms with Crippen LogP contribution in [0.5, 0.6) is 11.5 Å². The quantitative estimate of drug-likeness (QED) is 0.759. The molecule has 5 nitrogen and oxygen atoms in total. The van der Waals surface area contributed by atoms with Crippen molar-refractivity contribution in [3.63, 3.8) is 0 Å². The second kappa shape index (κ2) is 6.65. The second-order valence-corrected chi connectivity index (χ2v) is 4.08. The van der Waals surface area contributed by atoms with Gasteiger partial charge >= 0.3 is 5.97 Å². The van der Waals surface area contributed by atoms with Crippen LogP contribution in [-0.4, -0.2) is 26.8 Å². The van der Waals surface area contributed by atoms with Gasteiger partial charge < -0.3 is 18.6 Å².